The van der Waals surface area contributed by atoms with Gasteiger partial charge in [-0.3, -0.25) is 24.3 Å². The Kier molecular flexibility index (Phi) is 9.25. The third-order valence-electron chi connectivity index (χ3n) is 7.63. The van der Waals surface area contributed by atoms with Crippen LogP contribution in [0, 0.1) is 10.1 Å². The van der Waals surface area contributed by atoms with Gasteiger partial charge in [-0.25, -0.2) is 4.98 Å². The zero-order valence-electron chi connectivity index (χ0n) is 25.6. The summed E-state index contributed by atoms with van der Waals surface area (Å²) in [6.07, 6.45) is 0.614. The summed E-state index contributed by atoms with van der Waals surface area (Å²) in [5.74, 6) is 2.50. The topological polar surface area (TPSA) is 144 Å². The third kappa shape index (κ3) is 6.99. The number of fused-ring (bicyclic) bond motifs is 2. The zero-order valence-corrected chi connectivity index (χ0v) is 26.4. The molecule has 2 heterocycles. The molecule has 13 heteroatoms. The minimum atomic E-state index is -0.446. The van der Waals surface area contributed by atoms with Crippen LogP contribution in [0.1, 0.15) is 27.0 Å². The number of carbonyl (C=O) groups excluding carboxylic acids is 1. The van der Waals surface area contributed by atoms with E-state index in [1.807, 2.05) is 30.3 Å². The number of rotatable bonds is 12. The predicted octanol–water partition coefficient (Wildman–Crippen LogP) is 5.36. The number of non-ortho nitro benzene ring substituents is 1. The van der Waals surface area contributed by atoms with Crippen molar-refractivity contribution in [3.05, 3.63) is 122 Å². The lowest BCUT2D eigenvalue weighted by Gasteiger charge is -2.14. The molecule has 1 aromatic heterocycles. The summed E-state index contributed by atoms with van der Waals surface area (Å²) in [6.45, 7) is 0.708. The Hall–Kier alpha value is -5.56. The molecular weight excluding hydrogens is 624 g/mol. The van der Waals surface area contributed by atoms with Crippen LogP contribution >= 0.6 is 11.8 Å². The van der Waals surface area contributed by atoms with Crippen molar-refractivity contribution >= 4 is 34.3 Å². The van der Waals surface area contributed by atoms with Gasteiger partial charge in [-0.1, -0.05) is 42.1 Å². The molecule has 0 fully saturated rings. The van der Waals surface area contributed by atoms with Crippen LogP contribution in [0.25, 0.3) is 10.9 Å². The number of thioether (sulfide) groups is 1. The summed E-state index contributed by atoms with van der Waals surface area (Å²) in [5, 5.41) is 14.9. The molecule has 1 aliphatic rings. The van der Waals surface area contributed by atoms with Crippen LogP contribution in [0.15, 0.2) is 88.8 Å². The van der Waals surface area contributed by atoms with Crippen LogP contribution in [0.4, 0.5) is 5.69 Å². The Morgan fingerprint density at radius 1 is 0.936 bits per heavy atom. The third-order valence-corrected chi connectivity index (χ3v) is 8.68. The number of ether oxygens (including phenoxy) is 4. The molecule has 0 radical (unpaired) electrons. The number of hydrogen-bond donors (Lipinski definition) is 1. The van der Waals surface area contributed by atoms with Gasteiger partial charge in [0.1, 0.15) is 0 Å². The quantitative estimate of drug-likeness (QED) is 0.0808. The van der Waals surface area contributed by atoms with Crippen molar-refractivity contribution in [2.45, 2.75) is 23.9 Å². The van der Waals surface area contributed by atoms with E-state index in [0.717, 1.165) is 16.7 Å². The van der Waals surface area contributed by atoms with Crippen molar-refractivity contribution in [2.75, 3.05) is 27.6 Å². The van der Waals surface area contributed by atoms with Crippen molar-refractivity contribution in [2.24, 2.45) is 0 Å². The van der Waals surface area contributed by atoms with Crippen molar-refractivity contribution in [1.29, 1.82) is 0 Å². The van der Waals surface area contributed by atoms with Gasteiger partial charge in [0.25, 0.3) is 17.2 Å². The highest BCUT2D eigenvalue weighted by atomic mass is 32.2. The summed E-state index contributed by atoms with van der Waals surface area (Å²) in [4.78, 5) is 42.1. The van der Waals surface area contributed by atoms with Gasteiger partial charge in [0.05, 0.1) is 36.6 Å². The minimum absolute atomic E-state index is 0.00518. The monoisotopic (exact) mass is 654 g/mol. The predicted molar refractivity (Wildman–Crippen MR) is 176 cm³/mol. The molecule has 47 heavy (non-hydrogen) atoms. The largest absolute Gasteiger partial charge is 0.493 e. The fraction of sp³-hybridized carbons (Fsp3) is 0.206. The van der Waals surface area contributed by atoms with Crippen molar-refractivity contribution in [1.82, 2.24) is 14.9 Å². The van der Waals surface area contributed by atoms with E-state index < -0.39 is 4.92 Å². The molecule has 0 aliphatic carbocycles. The maximum atomic E-state index is 13.8. The number of carbonyl (C=O) groups is 1. The summed E-state index contributed by atoms with van der Waals surface area (Å²) < 4.78 is 23.2. The number of nitro groups is 1. The Labute approximate surface area is 273 Å². The van der Waals surface area contributed by atoms with Crippen LogP contribution in [0.2, 0.25) is 0 Å². The van der Waals surface area contributed by atoms with Crippen LogP contribution in [-0.2, 0) is 18.7 Å². The van der Waals surface area contributed by atoms with Gasteiger partial charge in [0.15, 0.2) is 28.2 Å². The van der Waals surface area contributed by atoms with Gasteiger partial charge < -0.3 is 24.3 Å². The molecular formula is C34H30N4O8S. The van der Waals surface area contributed by atoms with Crippen molar-refractivity contribution in [3.8, 4) is 23.0 Å². The highest BCUT2D eigenvalue weighted by molar-refractivity contribution is 7.98. The first-order valence-electron chi connectivity index (χ1n) is 14.6. The maximum absolute atomic E-state index is 13.8. The van der Waals surface area contributed by atoms with Gasteiger partial charge in [-0.15, -0.1) is 0 Å². The molecule has 240 valence electrons. The Bertz CT molecular complexity index is 2010. The molecule has 0 atom stereocenters. The fourth-order valence-electron chi connectivity index (χ4n) is 5.10. The van der Waals surface area contributed by atoms with Crippen LogP contribution < -0.4 is 29.8 Å². The van der Waals surface area contributed by atoms with E-state index in [1.54, 1.807) is 55.2 Å². The molecule has 1 amide bonds. The molecule has 5 aromatic rings. The summed E-state index contributed by atoms with van der Waals surface area (Å²) >= 11 is 1.35. The lowest BCUT2D eigenvalue weighted by atomic mass is 10.1. The first kappa shape index (κ1) is 31.4. The molecule has 0 saturated carbocycles. The van der Waals surface area contributed by atoms with Crippen LogP contribution in [0.3, 0.4) is 0 Å². The molecule has 0 saturated heterocycles. The van der Waals surface area contributed by atoms with Gasteiger partial charge in [0, 0.05) is 36.1 Å². The Morgan fingerprint density at radius 2 is 1.62 bits per heavy atom. The molecule has 1 aliphatic heterocycles. The van der Waals surface area contributed by atoms with E-state index in [0.29, 0.717) is 63.3 Å². The lowest BCUT2D eigenvalue weighted by Crippen LogP contribution is -2.26. The highest BCUT2D eigenvalue weighted by Crippen LogP contribution is 2.35. The highest BCUT2D eigenvalue weighted by Gasteiger charge is 2.20. The van der Waals surface area contributed by atoms with Gasteiger partial charge in [0.2, 0.25) is 6.79 Å². The first-order valence-corrected chi connectivity index (χ1v) is 15.6. The second kappa shape index (κ2) is 13.8. The number of hydrogen-bond acceptors (Lipinski definition) is 10. The van der Waals surface area contributed by atoms with E-state index in [4.69, 9.17) is 23.9 Å². The molecule has 12 nitrogen and oxygen atoms in total. The van der Waals surface area contributed by atoms with Gasteiger partial charge in [-0.2, -0.15) is 0 Å². The second-order valence-corrected chi connectivity index (χ2v) is 11.6. The molecule has 0 spiro atoms. The number of benzene rings is 4. The standard InChI is InChI=1S/C34H30N4O8S/c1-43-28-12-7-21(15-29(28)44-2)13-14-35-32(39)24-8-3-22(4-9-24)18-37-33(40)26-16-30-31(46-20-45-30)17-27(26)36-34(37)47-19-23-5-10-25(11-6-23)38(41)42/h3-12,15-17H,13-14,18-20H2,1-2H3,(H,35,39). The van der Waals surface area contributed by atoms with E-state index in [-0.39, 0.29) is 30.5 Å². The minimum Gasteiger partial charge on any atom is -0.493 e. The SMILES string of the molecule is COc1ccc(CCNC(=O)c2ccc(Cn3c(SCc4ccc([N+](=O)[O-])cc4)nc4cc5c(cc4c3=O)OCO5)cc2)cc1OC. The van der Waals surface area contributed by atoms with E-state index in [1.165, 1.54) is 23.9 Å². The Morgan fingerprint density at radius 3 is 2.32 bits per heavy atom. The maximum Gasteiger partial charge on any atom is 0.269 e. The fourth-order valence-corrected chi connectivity index (χ4v) is 6.06. The number of amides is 1. The van der Waals surface area contributed by atoms with Crippen LogP contribution in [-0.4, -0.2) is 47.9 Å². The summed E-state index contributed by atoms with van der Waals surface area (Å²) in [7, 11) is 3.16. The molecule has 4 aromatic carbocycles. The van der Waals surface area contributed by atoms with Crippen LogP contribution in [0.5, 0.6) is 23.0 Å². The van der Waals surface area contributed by atoms with Crippen molar-refractivity contribution < 1.29 is 28.7 Å². The van der Waals surface area contributed by atoms with E-state index in [9.17, 15) is 19.7 Å². The molecule has 0 bridgehead atoms. The molecule has 0 unspecified atom stereocenters. The van der Waals surface area contributed by atoms with Gasteiger partial charge in [-0.05, 0) is 53.4 Å². The summed E-state index contributed by atoms with van der Waals surface area (Å²) in [6, 6.07) is 22.3. The van der Waals surface area contributed by atoms with E-state index >= 15 is 0 Å². The van der Waals surface area contributed by atoms with E-state index in [2.05, 4.69) is 5.32 Å². The van der Waals surface area contributed by atoms with Crippen molar-refractivity contribution in [3.63, 3.8) is 0 Å². The normalized spacial score (nSPS) is 11.8. The average molecular weight is 655 g/mol. The number of methoxy groups -OCH3 is 2. The molecule has 6 rings (SSSR count). The number of aromatic nitrogens is 2. The summed E-state index contributed by atoms with van der Waals surface area (Å²) in [5.41, 5.74) is 3.36. The number of nitrogens with one attached hydrogen (secondary N) is 1. The smallest absolute Gasteiger partial charge is 0.269 e. The zero-order chi connectivity index (χ0) is 32.9. The number of nitrogens with zero attached hydrogens (tertiary/aromatic N) is 3. The average Bonchev–Trinajstić information content (AvgIpc) is 3.56. The second-order valence-electron chi connectivity index (χ2n) is 10.6. The molecule has 1 N–H and O–H groups in total. The first-order chi connectivity index (χ1) is 22.8. The lowest BCUT2D eigenvalue weighted by molar-refractivity contribution is -0.384. The number of nitro benzene ring substituents is 1. The Balaban J connectivity index is 1.18. The van der Waals surface area contributed by atoms with Gasteiger partial charge >= 0.3 is 0 Å².